The molecule has 0 saturated heterocycles. The fourth-order valence-electron chi connectivity index (χ4n) is 12.4. The highest BCUT2D eigenvalue weighted by molar-refractivity contribution is 5.97. The van der Waals surface area contributed by atoms with Crippen LogP contribution in [0.1, 0.15) is 149 Å². The van der Waals surface area contributed by atoms with Crippen LogP contribution in [0.4, 0.5) is 0 Å². The van der Waals surface area contributed by atoms with E-state index in [1.54, 1.807) is 120 Å². The number of nitrogens with two attached hydrogens (primary N) is 1. The third-order valence-electron chi connectivity index (χ3n) is 17.8. The molecule has 0 saturated carbocycles. The highest BCUT2D eigenvalue weighted by Gasteiger charge is 2.35. The highest BCUT2D eigenvalue weighted by atomic mass is 16.5. The lowest BCUT2D eigenvalue weighted by atomic mass is 9.90. The summed E-state index contributed by atoms with van der Waals surface area (Å²) in [5, 5.41) is 42.0. The molecular formula is C74H86N12O13. The third-order valence-corrected chi connectivity index (χ3v) is 17.8. The molecule has 6 aromatic carbocycles. The Morgan fingerprint density at radius 1 is 0.545 bits per heavy atom. The Morgan fingerprint density at radius 2 is 0.929 bits per heavy atom. The average molecular weight is 1350 g/mol. The van der Waals surface area contributed by atoms with Crippen molar-refractivity contribution in [2.45, 2.75) is 118 Å². The Balaban J connectivity index is 0.000000169. The van der Waals surface area contributed by atoms with E-state index in [0.29, 0.717) is 119 Å². The van der Waals surface area contributed by atoms with Crippen molar-refractivity contribution in [1.29, 1.82) is 0 Å². The number of para-hydroxylation sites is 1. The quantitative estimate of drug-likeness (QED) is 0.0283. The van der Waals surface area contributed by atoms with Gasteiger partial charge in [0.25, 0.3) is 29.5 Å². The lowest BCUT2D eigenvalue weighted by Crippen LogP contribution is -2.55. The molecule has 0 spiro atoms. The molecule has 0 radical (unpaired) electrons. The predicted octanol–water partition coefficient (Wildman–Crippen LogP) is 6.90. The van der Waals surface area contributed by atoms with Gasteiger partial charge in [0.05, 0.1) is 34.6 Å². The van der Waals surface area contributed by atoms with Crippen LogP contribution in [0.15, 0.2) is 152 Å². The van der Waals surface area contributed by atoms with Gasteiger partial charge in [-0.3, -0.25) is 64.0 Å². The first-order chi connectivity index (χ1) is 47.4. The van der Waals surface area contributed by atoms with Crippen LogP contribution in [0, 0.1) is 18.8 Å². The van der Waals surface area contributed by atoms with Crippen molar-refractivity contribution in [3.63, 3.8) is 0 Å². The largest absolute Gasteiger partial charge is 0.345 e. The third kappa shape index (κ3) is 18.9. The minimum Gasteiger partial charge on any atom is -0.345 e. The number of nitrogens with one attached hydrogen (secondary N) is 5. The SMILES string of the molecule is C=CC(C)C(=O)N1CCc2cc(C(=O)NO)ccc2C1.CC(=O)N[C@H](CC(C)C)C(=O)N1CCc2cc(C(=O)NO)ccc2C1.CC(N)(Cc1ccccc1)C(=O)N1CCc2cc(C(=O)NO)ccc2C1.Cc1c(C(=O)N2CCc3cc(C(=O)NO)ccc3C2)cnn1-c1ccccc1. The summed E-state index contributed by atoms with van der Waals surface area (Å²) in [4.78, 5) is 115. The van der Waals surface area contributed by atoms with E-state index in [2.05, 4.69) is 17.0 Å². The van der Waals surface area contributed by atoms with Gasteiger partial charge in [0, 0.05) is 81.5 Å². The van der Waals surface area contributed by atoms with Gasteiger partial charge in [-0.15, -0.1) is 6.58 Å². The zero-order valence-electron chi connectivity index (χ0n) is 56.4. The molecule has 9 amide bonds. The van der Waals surface area contributed by atoms with Gasteiger partial charge in [0.2, 0.25) is 23.6 Å². The zero-order chi connectivity index (χ0) is 71.7. The monoisotopic (exact) mass is 1350 g/mol. The molecule has 0 bridgehead atoms. The molecule has 25 nitrogen and oxygen atoms in total. The van der Waals surface area contributed by atoms with Crippen LogP contribution >= 0.6 is 0 Å². The molecule has 25 heteroatoms. The number of benzene rings is 6. The molecule has 5 heterocycles. The van der Waals surface area contributed by atoms with Crippen LogP contribution in [-0.4, -0.2) is 141 Å². The minimum atomic E-state index is -0.977. The Bertz CT molecular complexity index is 4120. The number of hydroxylamine groups is 4. The maximum atomic E-state index is 13.1. The molecule has 99 heavy (non-hydrogen) atoms. The molecular weight excluding hydrogens is 1260 g/mol. The summed E-state index contributed by atoms with van der Waals surface area (Å²) in [5.41, 5.74) is 24.9. The first-order valence-corrected chi connectivity index (χ1v) is 32.6. The number of carbonyl (C=O) groups is 9. The second kappa shape index (κ2) is 34.0. The number of nitrogens with zero attached hydrogens (tertiary/aromatic N) is 6. The highest BCUT2D eigenvalue weighted by Crippen LogP contribution is 2.28. The Morgan fingerprint density at radius 3 is 1.33 bits per heavy atom. The van der Waals surface area contributed by atoms with Gasteiger partial charge < -0.3 is 30.7 Å². The first-order valence-electron chi connectivity index (χ1n) is 32.6. The fraction of sp³-hybridized carbons (Fsp3) is 0.324. The second-order valence-corrected chi connectivity index (χ2v) is 25.5. The van der Waals surface area contributed by atoms with Crippen molar-refractivity contribution in [1.82, 2.24) is 56.6 Å². The number of hydrogen-bond donors (Lipinski definition) is 10. The summed E-state index contributed by atoms with van der Waals surface area (Å²) in [6.45, 7) is 18.8. The molecule has 11 N–H and O–H groups in total. The second-order valence-electron chi connectivity index (χ2n) is 25.5. The first kappa shape index (κ1) is 74.1. The molecule has 11 rings (SSSR count). The number of aromatic nitrogens is 2. The summed E-state index contributed by atoms with van der Waals surface area (Å²) >= 11 is 0. The van der Waals surface area contributed by atoms with Gasteiger partial charge >= 0.3 is 0 Å². The van der Waals surface area contributed by atoms with Crippen molar-refractivity contribution in [2.75, 3.05) is 26.2 Å². The van der Waals surface area contributed by atoms with Gasteiger partial charge in [-0.05, 0) is 169 Å². The van der Waals surface area contributed by atoms with Gasteiger partial charge in [-0.2, -0.15) is 5.10 Å². The normalized spacial score (nSPS) is 14.6. The Labute approximate surface area is 574 Å². The molecule has 4 aliphatic rings. The summed E-state index contributed by atoms with van der Waals surface area (Å²) in [6, 6.07) is 39.8. The van der Waals surface area contributed by atoms with Crippen LogP contribution in [-0.2, 0) is 77.5 Å². The summed E-state index contributed by atoms with van der Waals surface area (Å²) in [5.74, 6) is -2.39. The van der Waals surface area contributed by atoms with Crippen LogP contribution in [0.5, 0.6) is 0 Å². The van der Waals surface area contributed by atoms with Crippen LogP contribution in [0.2, 0.25) is 0 Å². The minimum absolute atomic E-state index is 0.0532. The number of rotatable bonds is 15. The number of hydrogen-bond acceptors (Lipinski definition) is 15. The number of amides is 9. The maximum Gasteiger partial charge on any atom is 0.274 e. The predicted molar refractivity (Wildman–Crippen MR) is 366 cm³/mol. The molecule has 4 aliphatic heterocycles. The van der Waals surface area contributed by atoms with E-state index >= 15 is 0 Å². The van der Waals surface area contributed by atoms with E-state index < -0.39 is 35.2 Å². The standard InChI is InChI=1S/C21H20N4O3.C20H23N3O3.C18H25N3O4.C15H18N2O3/c1-14-19(12-22-25(14)18-5-3-2-4-6-18)21(27)24-10-9-15-11-16(20(26)23-28)7-8-17(15)13-24;1-20(21,12-14-5-3-2-4-6-14)19(25)23-10-9-15-11-16(18(24)22-26)7-8-17(15)13-23;1-11(2)8-16(19-12(3)22)18(24)21-7-6-13-9-14(17(23)20-25)4-5-15(13)10-21;1-3-10(2)15(19)17-7-6-11-8-12(14(18)16-20)4-5-13(11)9-17/h2-8,11-12,28H,9-10,13H2,1H3,(H,23,26);2-8,11,26H,9-10,12-13,21H2,1H3,(H,22,24);4-5,9,11,16,25H,6-8,10H2,1-3H3,(H,19,22)(H,20,23);3-5,8,10,20H,1,6-7,9H2,2H3,(H,16,18)/t;;16-;/m..1./s1. The van der Waals surface area contributed by atoms with Gasteiger partial charge in [-0.1, -0.05) is 99.6 Å². The van der Waals surface area contributed by atoms with E-state index in [1.165, 1.54) is 6.92 Å². The van der Waals surface area contributed by atoms with E-state index in [4.69, 9.17) is 26.6 Å². The summed E-state index contributed by atoms with van der Waals surface area (Å²) in [7, 11) is 0. The van der Waals surface area contributed by atoms with E-state index in [-0.39, 0.29) is 41.4 Å². The van der Waals surface area contributed by atoms with Crippen LogP contribution < -0.4 is 33.0 Å². The lowest BCUT2D eigenvalue weighted by Gasteiger charge is -2.35. The molecule has 7 aromatic rings. The molecule has 1 aromatic heterocycles. The smallest absolute Gasteiger partial charge is 0.274 e. The Hall–Kier alpha value is -10.7. The molecule has 2 unspecified atom stereocenters. The average Bonchev–Trinajstić information content (AvgIpc) is 1.78. The van der Waals surface area contributed by atoms with Gasteiger partial charge in [-0.25, -0.2) is 26.6 Å². The van der Waals surface area contributed by atoms with Gasteiger partial charge in [0.1, 0.15) is 6.04 Å². The van der Waals surface area contributed by atoms with Crippen LogP contribution in [0.25, 0.3) is 5.69 Å². The topological polar surface area (TPSA) is 352 Å². The summed E-state index contributed by atoms with van der Waals surface area (Å²) < 4.78 is 1.77. The van der Waals surface area contributed by atoms with Crippen molar-refractivity contribution >= 4 is 53.2 Å². The zero-order valence-corrected chi connectivity index (χ0v) is 56.4. The van der Waals surface area contributed by atoms with Gasteiger partial charge in [0.15, 0.2) is 0 Å². The van der Waals surface area contributed by atoms with Crippen molar-refractivity contribution in [2.24, 2.45) is 17.6 Å². The Kier molecular flexibility index (Phi) is 25.4. The molecule has 520 valence electrons. The van der Waals surface area contributed by atoms with Crippen molar-refractivity contribution in [3.05, 3.63) is 236 Å². The van der Waals surface area contributed by atoms with Crippen molar-refractivity contribution < 1.29 is 64.0 Å². The fourth-order valence-corrected chi connectivity index (χ4v) is 12.4. The van der Waals surface area contributed by atoms with E-state index in [1.807, 2.05) is 107 Å². The maximum absolute atomic E-state index is 13.1. The molecule has 0 aliphatic carbocycles. The molecule has 0 fully saturated rings. The molecule has 3 atom stereocenters. The van der Waals surface area contributed by atoms with E-state index in [9.17, 15) is 43.2 Å². The number of carbonyl (C=O) groups excluding carboxylic acids is 9. The van der Waals surface area contributed by atoms with Crippen LogP contribution in [0.3, 0.4) is 0 Å². The summed E-state index contributed by atoms with van der Waals surface area (Å²) in [6.07, 6.45) is 6.97. The van der Waals surface area contributed by atoms with Crippen molar-refractivity contribution in [3.8, 4) is 5.69 Å². The lowest BCUT2D eigenvalue weighted by molar-refractivity contribution is -0.137. The van der Waals surface area contributed by atoms with E-state index in [0.717, 1.165) is 61.5 Å². The number of fused-ring (bicyclic) bond motifs is 4.